The molecule has 0 saturated heterocycles. The third kappa shape index (κ3) is 2.39. The van der Waals surface area contributed by atoms with Gasteiger partial charge in [-0.05, 0) is 0 Å². The molecule has 4 heteroatoms. The SMILES string of the molecule is CC(Nc1cccc2n[se]nc12)c1ccc2c(c1)CCC2. The average molecular weight is 342 g/mol. The molecule has 0 fully saturated rings. The monoisotopic (exact) mass is 343 g/mol. The van der Waals surface area contributed by atoms with Gasteiger partial charge in [0, 0.05) is 0 Å². The number of fused-ring (bicyclic) bond motifs is 2. The van der Waals surface area contributed by atoms with E-state index in [0.717, 1.165) is 16.7 Å². The molecular weight excluding hydrogens is 325 g/mol. The van der Waals surface area contributed by atoms with Gasteiger partial charge >= 0.3 is 130 Å². The van der Waals surface area contributed by atoms with Crippen LogP contribution in [0.5, 0.6) is 0 Å². The van der Waals surface area contributed by atoms with Gasteiger partial charge in [-0.15, -0.1) is 0 Å². The Morgan fingerprint density at radius 2 is 2.00 bits per heavy atom. The van der Waals surface area contributed by atoms with Crippen LogP contribution in [0.15, 0.2) is 36.4 Å². The summed E-state index contributed by atoms with van der Waals surface area (Å²) in [6.07, 6.45) is 3.77. The van der Waals surface area contributed by atoms with Crippen molar-refractivity contribution in [3.63, 3.8) is 0 Å². The predicted octanol–water partition coefficient (Wildman–Crippen LogP) is 3.35. The zero-order chi connectivity index (χ0) is 14.2. The Morgan fingerprint density at radius 1 is 1.10 bits per heavy atom. The molecule has 2 aromatic carbocycles. The van der Waals surface area contributed by atoms with Crippen molar-refractivity contribution in [1.82, 2.24) is 7.96 Å². The molecule has 0 aliphatic heterocycles. The van der Waals surface area contributed by atoms with Gasteiger partial charge in [-0.1, -0.05) is 0 Å². The molecular formula is C17H17N3Se. The van der Waals surface area contributed by atoms with E-state index in [1.54, 1.807) is 0 Å². The first-order valence-corrected chi connectivity index (χ1v) is 8.94. The number of hydrogen-bond donors (Lipinski definition) is 1. The fraction of sp³-hybridized carbons (Fsp3) is 0.294. The first-order chi connectivity index (χ1) is 10.3. The molecule has 1 heterocycles. The number of nitrogens with one attached hydrogen (secondary N) is 1. The van der Waals surface area contributed by atoms with Gasteiger partial charge in [-0.25, -0.2) is 0 Å². The van der Waals surface area contributed by atoms with Gasteiger partial charge < -0.3 is 0 Å². The number of aryl methyl sites for hydroxylation is 2. The summed E-state index contributed by atoms with van der Waals surface area (Å²) in [5.74, 6) is 0. The van der Waals surface area contributed by atoms with E-state index in [1.807, 2.05) is 6.07 Å². The van der Waals surface area contributed by atoms with Crippen LogP contribution in [0.1, 0.15) is 36.1 Å². The van der Waals surface area contributed by atoms with E-state index in [2.05, 4.69) is 50.5 Å². The second kappa shape index (κ2) is 5.28. The number of hydrogen-bond acceptors (Lipinski definition) is 3. The maximum atomic E-state index is 4.54. The summed E-state index contributed by atoms with van der Waals surface area (Å²) < 4.78 is 8.98. The van der Waals surface area contributed by atoms with Crippen molar-refractivity contribution in [2.24, 2.45) is 0 Å². The molecule has 0 bridgehead atoms. The number of nitrogens with zero attached hydrogens (tertiary/aromatic N) is 2. The van der Waals surface area contributed by atoms with Crippen molar-refractivity contribution < 1.29 is 0 Å². The van der Waals surface area contributed by atoms with Crippen LogP contribution < -0.4 is 5.32 Å². The summed E-state index contributed by atoms with van der Waals surface area (Å²) in [5, 5.41) is 3.61. The standard InChI is InChI=1S/C17H17N3Se/c1-11(13-9-8-12-4-2-5-14(12)10-13)18-15-6-3-7-16-17(15)20-21-19-16/h3,6-11,18H,2,4-5H2,1H3. The van der Waals surface area contributed by atoms with E-state index >= 15 is 0 Å². The van der Waals surface area contributed by atoms with Crippen LogP contribution in [-0.4, -0.2) is 22.9 Å². The summed E-state index contributed by atoms with van der Waals surface area (Å²) in [6, 6.07) is 13.4. The zero-order valence-corrected chi connectivity index (χ0v) is 13.7. The first kappa shape index (κ1) is 13.1. The Balaban J connectivity index is 1.63. The van der Waals surface area contributed by atoms with Crippen molar-refractivity contribution in [1.29, 1.82) is 0 Å². The summed E-state index contributed by atoms with van der Waals surface area (Å²) in [6.45, 7) is 2.22. The minimum atomic E-state index is 0.0247. The molecule has 4 rings (SSSR count). The molecule has 1 N–H and O–H groups in total. The molecule has 1 aliphatic rings. The van der Waals surface area contributed by atoms with Crippen LogP contribution in [-0.2, 0) is 12.8 Å². The van der Waals surface area contributed by atoms with Crippen LogP contribution in [0, 0.1) is 0 Å². The van der Waals surface area contributed by atoms with Crippen molar-refractivity contribution in [2.45, 2.75) is 32.2 Å². The fourth-order valence-corrected chi connectivity index (χ4v) is 4.25. The molecule has 1 aliphatic carbocycles. The molecule has 0 saturated carbocycles. The molecule has 106 valence electrons. The summed E-state index contributed by atoms with van der Waals surface area (Å²) in [4.78, 5) is 0. The van der Waals surface area contributed by atoms with Crippen molar-refractivity contribution in [2.75, 3.05) is 5.32 Å². The Labute approximate surface area is 130 Å². The molecule has 1 aromatic heterocycles. The van der Waals surface area contributed by atoms with E-state index in [9.17, 15) is 0 Å². The van der Waals surface area contributed by atoms with E-state index in [1.165, 1.54) is 36.0 Å². The summed E-state index contributed by atoms with van der Waals surface area (Å²) in [5.41, 5.74) is 7.58. The normalized spacial score (nSPS) is 15.1. The van der Waals surface area contributed by atoms with Crippen LogP contribution in [0.4, 0.5) is 5.69 Å². The third-order valence-electron chi connectivity index (χ3n) is 4.28. The average Bonchev–Trinajstić information content (AvgIpc) is 3.15. The van der Waals surface area contributed by atoms with Crippen molar-refractivity contribution in [3.05, 3.63) is 53.1 Å². The molecule has 3 aromatic rings. The predicted molar refractivity (Wildman–Crippen MR) is 87.0 cm³/mol. The Morgan fingerprint density at radius 3 is 2.95 bits per heavy atom. The topological polar surface area (TPSA) is 37.8 Å². The number of benzene rings is 2. The number of rotatable bonds is 3. The first-order valence-electron chi connectivity index (χ1n) is 7.41. The molecule has 0 spiro atoms. The van der Waals surface area contributed by atoms with Gasteiger partial charge in [0.2, 0.25) is 0 Å². The van der Waals surface area contributed by atoms with Gasteiger partial charge in [0.25, 0.3) is 0 Å². The summed E-state index contributed by atoms with van der Waals surface area (Å²) >= 11 is 0.0247. The Kier molecular flexibility index (Phi) is 3.28. The molecule has 3 nitrogen and oxygen atoms in total. The van der Waals surface area contributed by atoms with Crippen molar-refractivity contribution >= 4 is 31.7 Å². The fourth-order valence-electron chi connectivity index (χ4n) is 3.10. The van der Waals surface area contributed by atoms with Crippen LogP contribution in [0.3, 0.4) is 0 Å². The number of anilines is 1. The molecule has 21 heavy (non-hydrogen) atoms. The third-order valence-corrected chi connectivity index (χ3v) is 5.42. The Hall–Kier alpha value is -1.64. The zero-order valence-electron chi connectivity index (χ0n) is 12.0. The Bertz CT molecular complexity index is 794. The quantitative estimate of drug-likeness (QED) is 0.742. The van der Waals surface area contributed by atoms with Gasteiger partial charge in [0.05, 0.1) is 0 Å². The van der Waals surface area contributed by atoms with Crippen LogP contribution in [0.25, 0.3) is 11.0 Å². The second-order valence-corrected chi connectivity index (χ2v) is 6.79. The van der Waals surface area contributed by atoms with Crippen LogP contribution >= 0.6 is 0 Å². The van der Waals surface area contributed by atoms with Gasteiger partial charge in [0.1, 0.15) is 0 Å². The van der Waals surface area contributed by atoms with E-state index in [4.69, 9.17) is 0 Å². The molecule has 0 amide bonds. The number of aromatic nitrogens is 2. The van der Waals surface area contributed by atoms with Crippen LogP contribution in [0.2, 0.25) is 0 Å². The van der Waals surface area contributed by atoms with E-state index < -0.39 is 0 Å². The minimum absolute atomic E-state index is 0.0247. The molecule has 1 atom stereocenters. The van der Waals surface area contributed by atoms with E-state index in [0.29, 0.717) is 0 Å². The van der Waals surface area contributed by atoms with Gasteiger partial charge in [-0.3, -0.25) is 0 Å². The molecule has 1 unspecified atom stereocenters. The summed E-state index contributed by atoms with van der Waals surface area (Å²) in [7, 11) is 0. The van der Waals surface area contributed by atoms with Gasteiger partial charge in [0.15, 0.2) is 0 Å². The van der Waals surface area contributed by atoms with Gasteiger partial charge in [-0.2, -0.15) is 0 Å². The molecule has 0 radical (unpaired) electrons. The van der Waals surface area contributed by atoms with Crippen molar-refractivity contribution in [3.8, 4) is 0 Å². The maximum absolute atomic E-state index is 4.54. The second-order valence-electron chi connectivity index (χ2n) is 5.69. The van der Waals surface area contributed by atoms with E-state index in [-0.39, 0.29) is 21.0 Å².